The minimum absolute atomic E-state index is 0.195. The molecule has 2 aromatic rings. The number of ether oxygens (including phenoxy) is 2. The van der Waals surface area contributed by atoms with E-state index in [1.807, 2.05) is 0 Å². The van der Waals surface area contributed by atoms with Crippen molar-refractivity contribution >= 4 is 17.3 Å². The summed E-state index contributed by atoms with van der Waals surface area (Å²) >= 11 is 0. The van der Waals surface area contributed by atoms with E-state index in [9.17, 15) is 4.79 Å². The molecule has 0 bridgehead atoms. The summed E-state index contributed by atoms with van der Waals surface area (Å²) in [4.78, 5) is 14.4. The van der Waals surface area contributed by atoms with Crippen molar-refractivity contribution < 1.29 is 19.4 Å². The topological polar surface area (TPSA) is 93.4 Å². The van der Waals surface area contributed by atoms with E-state index in [4.69, 9.17) is 14.6 Å². The van der Waals surface area contributed by atoms with Crippen LogP contribution >= 0.6 is 0 Å². The van der Waals surface area contributed by atoms with Gasteiger partial charge in [0.25, 0.3) is 0 Å². The number of carboxylic acid groups (broad SMARTS) is 1. The second-order valence-electron chi connectivity index (χ2n) is 5.29. The maximum atomic E-state index is 10.4. The van der Waals surface area contributed by atoms with Crippen molar-refractivity contribution in [3.8, 4) is 11.5 Å². The molecule has 0 atom stereocenters. The first kappa shape index (κ1) is 18.4. The molecule has 0 unspecified atom stereocenters. The Kier molecular flexibility index (Phi) is 7.37. The first-order valence-electron chi connectivity index (χ1n) is 8.03. The summed E-state index contributed by atoms with van der Waals surface area (Å²) in [6, 6.07) is 8.87. The van der Waals surface area contributed by atoms with Crippen molar-refractivity contribution in [2.24, 2.45) is 10.2 Å². The van der Waals surface area contributed by atoms with E-state index >= 15 is 0 Å². The van der Waals surface area contributed by atoms with E-state index in [2.05, 4.69) is 15.2 Å². The lowest BCUT2D eigenvalue weighted by Crippen LogP contribution is -2.00. The van der Waals surface area contributed by atoms with Crippen LogP contribution < -0.4 is 9.47 Å². The predicted octanol–water partition coefficient (Wildman–Crippen LogP) is 4.53. The average molecular weight is 343 g/mol. The van der Waals surface area contributed by atoms with E-state index in [-0.39, 0.29) is 6.42 Å². The quantitative estimate of drug-likeness (QED) is 0.505. The van der Waals surface area contributed by atoms with Crippen LogP contribution in [0.5, 0.6) is 11.5 Å². The van der Waals surface area contributed by atoms with Crippen molar-refractivity contribution in [3.05, 3.63) is 42.7 Å². The fraction of sp³-hybridized carbons (Fsp3) is 0.333. The summed E-state index contributed by atoms with van der Waals surface area (Å²) < 4.78 is 11.0. The SMILES string of the molecule is COc1cc(N=Nc2ccncc2)ccc1OCCCCCC(=O)O. The van der Waals surface area contributed by atoms with Crippen molar-refractivity contribution in [2.45, 2.75) is 25.7 Å². The van der Waals surface area contributed by atoms with Gasteiger partial charge in [-0.2, -0.15) is 10.2 Å². The number of hydrogen-bond acceptors (Lipinski definition) is 6. The maximum Gasteiger partial charge on any atom is 0.303 e. The fourth-order valence-corrected chi connectivity index (χ4v) is 2.10. The molecule has 0 fully saturated rings. The van der Waals surface area contributed by atoms with Gasteiger partial charge in [-0.3, -0.25) is 9.78 Å². The number of nitrogens with zero attached hydrogens (tertiary/aromatic N) is 3. The second-order valence-corrected chi connectivity index (χ2v) is 5.29. The van der Waals surface area contributed by atoms with E-state index < -0.39 is 5.97 Å². The van der Waals surface area contributed by atoms with Gasteiger partial charge in [-0.1, -0.05) is 0 Å². The van der Waals surface area contributed by atoms with Gasteiger partial charge in [-0.05, 0) is 43.5 Å². The highest BCUT2D eigenvalue weighted by Gasteiger charge is 2.06. The molecule has 0 spiro atoms. The third-order valence-electron chi connectivity index (χ3n) is 3.38. The Balaban J connectivity index is 1.88. The Morgan fingerprint density at radius 2 is 1.80 bits per heavy atom. The summed E-state index contributed by atoms with van der Waals surface area (Å²) in [5.41, 5.74) is 1.37. The maximum absolute atomic E-state index is 10.4. The van der Waals surface area contributed by atoms with Crippen LogP contribution in [-0.2, 0) is 4.79 Å². The molecule has 1 aromatic carbocycles. The van der Waals surface area contributed by atoms with Crippen molar-refractivity contribution in [2.75, 3.05) is 13.7 Å². The molecule has 2 rings (SSSR count). The molecule has 0 aliphatic rings. The van der Waals surface area contributed by atoms with Gasteiger partial charge in [0.1, 0.15) is 0 Å². The number of carboxylic acids is 1. The zero-order valence-electron chi connectivity index (χ0n) is 14.1. The van der Waals surface area contributed by atoms with Crippen LogP contribution in [0, 0.1) is 0 Å². The Morgan fingerprint density at radius 3 is 2.52 bits per heavy atom. The summed E-state index contributed by atoms with van der Waals surface area (Å²) in [5, 5.41) is 16.9. The number of methoxy groups -OCH3 is 1. The standard InChI is InChI=1S/C18H21N3O4/c1-24-17-13-15(21-20-14-8-10-19-11-9-14)6-7-16(17)25-12-4-2-3-5-18(22)23/h6-11,13H,2-5,12H2,1H3,(H,22,23). The Hall–Kier alpha value is -2.96. The Labute approximate surface area is 146 Å². The molecule has 0 amide bonds. The fourth-order valence-electron chi connectivity index (χ4n) is 2.10. The van der Waals surface area contributed by atoms with Crippen molar-refractivity contribution in [3.63, 3.8) is 0 Å². The molecule has 0 aliphatic carbocycles. The molecule has 0 saturated carbocycles. The van der Waals surface area contributed by atoms with Gasteiger partial charge < -0.3 is 14.6 Å². The van der Waals surface area contributed by atoms with Crippen LogP contribution in [-0.4, -0.2) is 29.8 Å². The molecular weight excluding hydrogens is 322 g/mol. The molecule has 1 heterocycles. The van der Waals surface area contributed by atoms with Gasteiger partial charge in [-0.25, -0.2) is 0 Å². The van der Waals surface area contributed by atoms with Gasteiger partial charge in [0.15, 0.2) is 11.5 Å². The molecule has 1 aromatic heterocycles. The Morgan fingerprint density at radius 1 is 1.04 bits per heavy atom. The lowest BCUT2D eigenvalue weighted by atomic mass is 10.2. The van der Waals surface area contributed by atoms with E-state index in [1.54, 1.807) is 49.8 Å². The predicted molar refractivity (Wildman–Crippen MR) is 93.0 cm³/mol. The molecule has 25 heavy (non-hydrogen) atoms. The highest BCUT2D eigenvalue weighted by atomic mass is 16.5. The summed E-state index contributed by atoms with van der Waals surface area (Å²) in [5.74, 6) is 0.444. The zero-order valence-corrected chi connectivity index (χ0v) is 14.1. The van der Waals surface area contributed by atoms with Crippen molar-refractivity contribution in [1.82, 2.24) is 4.98 Å². The minimum atomic E-state index is -0.765. The first-order valence-corrected chi connectivity index (χ1v) is 8.03. The van der Waals surface area contributed by atoms with Gasteiger partial charge in [-0.15, -0.1) is 0 Å². The van der Waals surface area contributed by atoms with Crippen LogP contribution in [0.25, 0.3) is 0 Å². The molecule has 7 heteroatoms. The summed E-state index contributed by atoms with van der Waals surface area (Å²) in [6.07, 6.45) is 5.77. The number of benzene rings is 1. The zero-order chi connectivity index (χ0) is 17.9. The van der Waals surface area contributed by atoms with E-state index in [0.29, 0.717) is 30.2 Å². The monoisotopic (exact) mass is 343 g/mol. The van der Waals surface area contributed by atoms with Crippen LogP contribution in [0.4, 0.5) is 11.4 Å². The number of carbonyl (C=O) groups is 1. The second kappa shape index (κ2) is 10.0. The van der Waals surface area contributed by atoms with E-state index in [0.717, 1.165) is 18.5 Å². The number of unbranched alkanes of at least 4 members (excludes halogenated alkanes) is 2. The number of hydrogen-bond donors (Lipinski definition) is 1. The molecule has 0 aliphatic heterocycles. The highest BCUT2D eigenvalue weighted by molar-refractivity contribution is 5.66. The van der Waals surface area contributed by atoms with Crippen LogP contribution in [0.2, 0.25) is 0 Å². The van der Waals surface area contributed by atoms with Crippen LogP contribution in [0.1, 0.15) is 25.7 Å². The smallest absolute Gasteiger partial charge is 0.303 e. The normalized spacial score (nSPS) is 10.8. The first-order chi connectivity index (χ1) is 12.2. The van der Waals surface area contributed by atoms with Crippen molar-refractivity contribution in [1.29, 1.82) is 0 Å². The van der Waals surface area contributed by atoms with Crippen LogP contribution in [0.3, 0.4) is 0 Å². The lowest BCUT2D eigenvalue weighted by molar-refractivity contribution is -0.137. The number of pyridine rings is 1. The number of rotatable bonds is 10. The molecule has 132 valence electrons. The van der Waals surface area contributed by atoms with E-state index in [1.165, 1.54) is 0 Å². The molecule has 1 N–H and O–H groups in total. The third-order valence-corrected chi connectivity index (χ3v) is 3.38. The highest BCUT2D eigenvalue weighted by Crippen LogP contribution is 2.32. The number of azo groups is 1. The van der Waals surface area contributed by atoms with Gasteiger partial charge in [0, 0.05) is 24.9 Å². The number of aromatic nitrogens is 1. The summed E-state index contributed by atoms with van der Waals surface area (Å²) in [6.45, 7) is 0.508. The van der Waals surface area contributed by atoms with Gasteiger partial charge >= 0.3 is 5.97 Å². The Bertz CT molecular complexity index is 705. The molecule has 0 saturated heterocycles. The van der Waals surface area contributed by atoms with Gasteiger partial charge in [0.2, 0.25) is 0 Å². The third kappa shape index (κ3) is 6.58. The number of aliphatic carboxylic acids is 1. The largest absolute Gasteiger partial charge is 0.493 e. The molecule has 7 nitrogen and oxygen atoms in total. The van der Waals surface area contributed by atoms with Gasteiger partial charge in [0.05, 0.1) is 25.1 Å². The minimum Gasteiger partial charge on any atom is -0.493 e. The summed E-state index contributed by atoms with van der Waals surface area (Å²) in [7, 11) is 1.57. The lowest BCUT2D eigenvalue weighted by Gasteiger charge is -2.10. The molecule has 0 radical (unpaired) electrons. The molecular formula is C18H21N3O4. The average Bonchev–Trinajstić information content (AvgIpc) is 2.64. The van der Waals surface area contributed by atoms with Crippen LogP contribution in [0.15, 0.2) is 53.0 Å².